The third-order valence-corrected chi connectivity index (χ3v) is 4.37. The summed E-state index contributed by atoms with van der Waals surface area (Å²) in [6.45, 7) is 2.16. The highest BCUT2D eigenvalue weighted by molar-refractivity contribution is 7.33. The van der Waals surface area contributed by atoms with Crippen LogP contribution in [0.5, 0.6) is 5.75 Å². The zero-order valence-corrected chi connectivity index (χ0v) is 15.8. The van der Waals surface area contributed by atoms with E-state index in [1.54, 1.807) is 19.1 Å². The van der Waals surface area contributed by atoms with Crippen LogP contribution in [0.2, 0.25) is 0 Å². The highest BCUT2D eigenvalue weighted by Gasteiger charge is 2.19. The van der Waals surface area contributed by atoms with Gasteiger partial charge in [0.1, 0.15) is 6.61 Å². The molecule has 134 valence electrons. The van der Waals surface area contributed by atoms with Crippen LogP contribution in [-0.2, 0) is 21.9 Å². The van der Waals surface area contributed by atoms with Crippen molar-refractivity contribution in [2.24, 2.45) is 0 Å². The fraction of sp³-hybridized carbons (Fsp3) is 0.182. The lowest BCUT2D eigenvalue weighted by molar-refractivity contribution is 0.302. The van der Waals surface area contributed by atoms with Crippen LogP contribution in [0.4, 0.5) is 0 Å². The monoisotopic (exact) mass is 367 g/mol. The first kappa shape index (κ1) is 19.8. The second-order valence-corrected chi connectivity index (χ2v) is 6.40. The van der Waals surface area contributed by atoms with Gasteiger partial charge in [-0.1, -0.05) is 78.9 Å². The highest BCUT2D eigenvalue weighted by Crippen LogP contribution is 2.26. The zero-order chi connectivity index (χ0) is 18.5. The number of benzene rings is 3. The van der Waals surface area contributed by atoms with Crippen LogP contribution in [0.3, 0.4) is 0 Å². The molecular formula is C22H24O3P+. The predicted octanol–water partition coefficient (Wildman–Crippen LogP) is 6.23. The molecule has 0 saturated heterocycles. The van der Waals surface area contributed by atoms with Gasteiger partial charge >= 0.3 is 8.25 Å². The normalized spacial score (nSPS) is 10.4. The van der Waals surface area contributed by atoms with Crippen molar-refractivity contribution in [3.63, 3.8) is 0 Å². The maximum Gasteiger partial charge on any atom is 0.750 e. The molecule has 0 aliphatic heterocycles. The zero-order valence-electron chi connectivity index (χ0n) is 15.0. The van der Waals surface area contributed by atoms with E-state index in [4.69, 9.17) is 9.05 Å². The molecule has 0 amide bonds. The van der Waals surface area contributed by atoms with Gasteiger partial charge in [-0.25, -0.2) is 4.52 Å². The molecular weight excluding hydrogens is 343 g/mol. The molecule has 3 rings (SSSR count). The number of hydrogen-bond donors (Lipinski definition) is 0. The Balaban J connectivity index is 0.000000190. The van der Waals surface area contributed by atoms with Crippen molar-refractivity contribution < 1.29 is 13.6 Å². The Morgan fingerprint density at radius 2 is 1.12 bits per heavy atom. The Morgan fingerprint density at radius 3 is 1.54 bits per heavy atom. The van der Waals surface area contributed by atoms with Crippen molar-refractivity contribution in [2.45, 2.75) is 19.8 Å². The third-order valence-electron chi connectivity index (χ3n) is 3.55. The molecule has 0 aromatic heterocycles. The molecule has 0 bridgehead atoms. The van der Waals surface area contributed by atoms with Gasteiger partial charge in [0.25, 0.3) is 0 Å². The maximum atomic E-state index is 10.9. The molecule has 0 radical (unpaired) electrons. The van der Waals surface area contributed by atoms with E-state index >= 15 is 0 Å². The second-order valence-electron chi connectivity index (χ2n) is 5.52. The SMILES string of the molecule is CCO[P+](=O)Oc1ccccc1.c1ccc(CCc2ccccc2)cc1. The van der Waals surface area contributed by atoms with Gasteiger partial charge in [-0.2, -0.15) is 0 Å². The molecule has 3 aromatic carbocycles. The van der Waals surface area contributed by atoms with Gasteiger partial charge in [-0.05, 0) is 43.0 Å². The highest BCUT2D eigenvalue weighted by atomic mass is 31.1. The van der Waals surface area contributed by atoms with E-state index in [9.17, 15) is 4.57 Å². The lowest BCUT2D eigenvalue weighted by Gasteiger charge is -2.01. The summed E-state index contributed by atoms with van der Waals surface area (Å²) in [6.07, 6.45) is 2.26. The van der Waals surface area contributed by atoms with Gasteiger partial charge in [0.15, 0.2) is 5.75 Å². The van der Waals surface area contributed by atoms with Crippen molar-refractivity contribution >= 4 is 8.25 Å². The maximum absolute atomic E-state index is 10.9. The Labute approximate surface area is 156 Å². The van der Waals surface area contributed by atoms with E-state index < -0.39 is 8.25 Å². The number of para-hydroxylation sites is 1. The fourth-order valence-corrected chi connectivity index (χ4v) is 2.83. The molecule has 0 aliphatic carbocycles. The molecule has 1 unspecified atom stereocenters. The molecule has 0 saturated carbocycles. The van der Waals surface area contributed by atoms with Crippen molar-refractivity contribution in [2.75, 3.05) is 6.61 Å². The number of hydrogen-bond acceptors (Lipinski definition) is 3. The third kappa shape index (κ3) is 8.06. The summed E-state index contributed by atoms with van der Waals surface area (Å²) < 4.78 is 20.6. The van der Waals surface area contributed by atoms with Crippen LogP contribution in [0.25, 0.3) is 0 Å². The summed E-state index contributed by atoms with van der Waals surface area (Å²) in [5.41, 5.74) is 2.83. The molecule has 4 heteroatoms. The van der Waals surface area contributed by atoms with E-state index in [1.165, 1.54) is 11.1 Å². The van der Waals surface area contributed by atoms with E-state index in [-0.39, 0.29) is 0 Å². The summed E-state index contributed by atoms with van der Waals surface area (Å²) in [4.78, 5) is 0. The topological polar surface area (TPSA) is 35.5 Å². The minimum atomic E-state index is -2.01. The smallest absolute Gasteiger partial charge is 0.229 e. The van der Waals surface area contributed by atoms with Crippen LogP contribution in [0.1, 0.15) is 18.1 Å². The first-order chi connectivity index (χ1) is 12.8. The first-order valence-electron chi connectivity index (χ1n) is 8.69. The fourth-order valence-electron chi connectivity index (χ4n) is 2.28. The van der Waals surface area contributed by atoms with Gasteiger partial charge in [0, 0.05) is 4.57 Å². The van der Waals surface area contributed by atoms with Gasteiger partial charge < -0.3 is 0 Å². The Kier molecular flexibility index (Phi) is 9.13. The largest absolute Gasteiger partial charge is 0.750 e. The van der Waals surface area contributed by atoms with E-state index in [2.05, 4.69) is 60.7 Å². The lowest BCUT2D eigenvalue weighted by atomic mass is 10.0. The number of aryl methyl sites for hydroxylation is 2. The summed E-state index contributed by atoms with van der Waals surface area (Å²) in [5.74, 6) is 0.562. The van der Waals surface area contributed by atoms with Gasteiger partial charge in [0.2, 0.25) is 0 Å². The summed E-state index contributed by atoms with van der Waals surface area (Å²) in [5, 5.41) is 0. The van der Waals surface area contributed by atoms with E-state index in [0.29, 0.717) is 12.4 Å². The van der Waals surface area contributed by atoms with Crippen LogP contribution in [0, 0.1) is 0 Å². The Hall–Kier alpha value is -2.48. The van der Waals surface area contributed by atoms with Crippen LogP contribution < -0.4 is 4.52 Å². The van der Waals surface area contributed by atoms with Crippen molar-refractivity contribution in [3.05, 3.63) is 102 Å². The van der Waals surface area contributed by atoms with Gasteiger partial charge in [-0.3, -0.25) is 0 Å². The van der Waals surface area contributed by atoms with E-state index in [1.807, 2.05) is 18.2 Å². The van der Waals surface area contributed by atoms with E-state index in [0.717, 1.165) is 12.8 Å². The Bertz CT molecular complexity index is 707. The molecule has 26 heavy (non-hydrogen) atoms. The molecule has 0 aliphatic rings. The molecule has 0 N–H and O–H groups in total. The van der Waals surface area contributed by atoms with Crippen molar-refractivity contribution in [1.29, 1.82) is 0 Å². The van der Waals surface area contributed by atoms with Gasteiger partial charge in [-0.15, -0.1) is 4.52 Å². The minimum absolute atomic E-state index is 0.391. The summed E-state index contributed by atoms with van der Waals surface area (Å²) in [7, 11) is -2.01. The lowest BCUT2D eigenvalue weighted by Crippen LogP contribution is -1.89. The van der Waals surface area contributed by atoms with Crippen LogP contribution in [0.15, 0.2) is 91.0 Å². The predicted molar refractivity (Wildman–Crippen MR) is 107 cm³/mol. The minimum Gasteiger partial charge on any atom is -0.229 e. The standard InChI is InChI=1S/C14H14.C8H10O3P/c1-3-7-13(8-4-1)11-12-14-9-5-2-6-10-14;1-2-10-12(9)11-8-6-4-3-5-7-8/h1-10H,11-12H2;3-7H,2H2,1H3/q;+1. The summed E-state index contributed by atoms with van der Waals surface area (Å²) >= 11 is 0. The first-order valence-corrected chi connectivity index (χ1v) is 9.78. The molecule has 0 spiro atoms. The quantitative estimate of drug-likeness (QED) is 0.464. The molecule has 1 atom stereocenters. The summed E-state index contributed by atoms with van der Waals surface area (Å²) in [6, 6.07) is 30.2. The van der Waals surface area contributed by atoms with Crippen LogP contribution in [-0.4, -0.2) is 6.61 Å². The van der Waals surface area contributed by atoms with Crippen molar-refractivity contribution in [1.82, 2.24) is 0 Å². The average Bonchev–Trinajstić information content (AvgIpc) is 2.69. The van der Waals surface area contributed by atoms with Gasteiger partial charge in [0.05, 0.1) is 0 Å². The second kappa shape index (κ2) is 12.0. The van der Waals surface area contributed by atoms with Crippen LogP contribution >= 0.6 is 8.25 Å². The average molecular weight is 367 g/mol. The molecule has 0 heterocycles. The number of rotatable bonds is 7. The molecule has 3 aromatic rings. The Morgan fingerprint density at radius 1 is 0.692 bits per heavy atom. The van der Waals surface area contributed by atoms with Crippen molar-refractivity contribution in [3.8, 4) is 5.75 Å². The molecule has 0 fully saturated rings. The molecule has 3 nitrogen and oxygen atoms in total.